The van der Waals surface area contributed by atoms with Crippen LogP contribution in [0.3, 0.4) is 0 Å². The zero-order valence-electron chi connectivity index (χ0n) is 9.45. The number of nitrogens with zero attached hydrogens (tertiary/aromatic N) is 2. The Kier molecular flexibility index (Phi) is 4.10. The van der Waals surface area contributed by atoms with Gasteiger partial charge in [0.25, 0.3) is 5.91 Å². The molecule has 1 atom stereocenters. The molecule has 0 spiro atoms. The Morgan fingerprint density at radius 1 is 1.67 bits per heavy atom. The van der Waals surface area contributed by atoms with Crippen LogP contribution in [0.5, 0.6) is 0 Å². The number of carbonyl (C=O) groups excluding carboxylic acids is 1. The molecule has 0 saturated carbocycles. The van der Waals surface area contributed by atoms with Crippen LogP contribution in [0.1, 0.15) is 33.1 Å². The lowest BCUT2D eigenvalue weighted by Crippen LogP contribution is -2.47. The largest absolute Gasteiger partial charge is 0.365 e. The van der Waals surface area contributed by atoms with Crippen LogP contribution in [-0.2, 0) is 9.53 Å². The van der Waals surface area contributed by atoms with E-state index in [0.29, 0.717) is 26.1 Å². The monoisotopic (exact) mass is 210 g/mol. The third-order valence-corrected chi connectivity index (χ3v) is 2.83. The van der Waals surface area contributed by atoms with Gasteiger partial charge in [0.1, 0.15) is 5.60 Å². The van der Waals surface area contributed by atoms with E-state index < -0.39 is 5.60 Å². The molecule has 1 aliphatic heterocycles. The molecule has 0 aromatic carbocycles. The van der Waals surface area contributed by atoms with Crippen LogP contribution in [-0.4, -0.2) is 36.1 Å². The molecule has 0 bridgehead atoms. The van der Waals surface area contributed by atoms with Gasteiger partial charge in [-0.3, -0.25) is 4.79 Å². The topological polar surface area (TPSA) is 53.3 Å². The Balaban J connectivity index is 2.60. The molecule has 0 aromatic rings. The fourth-order valence-corrected chi connectivity index (χ4v) is 1.87. The molecule has 84 valence electrons. The van der Waals surface area contributed by atoms with Crippen molar-refractivity contribution in [3.8, 4) is 6.07 Å². The van der Waals surface area contributed by atoms with E-state index in [-0.39, 0.29) is 5.91 Å². The van der Waals surface area contributed by atoms with Gasteiger partial charge in [0.05, 0.1) is 12.5 Å². The molecular formula is C11H18N2O2. The number of carbonyl (C=O) groups is 1. The molecule has 1 fully saturated rings. The van der Waals surface area contributed by atoms with Crippen LogP contribution in [0.4, 0.5) is 0 Å². The van der Waals surface area contributed by atoms with Gasteiger partial charge in [-0.05, 0) is 26.7 Å². The number of hydrogen-bond acceptors (Lipinski definition) is 3. The molecule has 1 heterocycles. The minimum absolute atomic E-state index is 0.0257. The highest BCUT2D eigenvalue weighted by Crippen LogP contribution is 2.27. The quantitative estimate of drug-likeness (QED) is 0.703. The van der Waals surface area contributed by atoms with Crippen molar-refractivity contribution >= 4 is 5.91 Å². The normalized spacial score (nSPS) is 24.9. The van der Waals surface area contributed by atoms with Crippen LogP contribution in [0, 0.1) is 11.3 Å². The van der Waals surface area contributed by atoms with Crippen LogP contribution in [0.2, 0.25) is 0 Å². The molecular weight excluding hydrogens is 192 g/mol. The van der Waals surface area contributed by atoms with E-state index in [1.807, 2.05) is 13.8 Å². The predicted octanol–water partition coefficient (Wildman–Crippen LogP) is 1.32. The third-order valence-electron chi connectivity index (χ3n) is 2.83. The van der Waals surface area contributed by atoms with Crippen molar-refractivity contribution in [1.82, 2.24) is 4.90 Å². The maximum absolute atomic E-state index is 12.1. The first-order chi connectivity index (χ1) is 7.14. The number of ether oxygens (including phenoxy) is 1. The minimum Gasteiger partial charge on any atom is -0.365 e. The first kappa shape index (κ1) is 12.0. The van der Waals surface area contributed by atoms with Crippen molar-refractivity contribution in [2.75, 3.05) is 19.7 Å². The lowest BCUT2D eigenvalue weighted by Gasteiger charge is -2.29. The summed E-state index contributed by atoms with van der Waals surface area (Å²) in [5.41, 5.74) is -0.647. The van der Waals surface area contributed by atoms with Crippen molar-refractivity contribution in [3.63, 3.8) is 0 Å². The van der Waals surface area contributed by atoms with E-state index in [1.165, 1.54) is 0 Å². The number of amides is 1. The fraction of sp³-hybridized carbons (Fsp3) is 0.818. The van der Waals surface area contributed by atoms with Gasteiger partial charge in [-0.2, -0.15) is 5.26 Å². The Morgan fingerprint density at radius 2 is 2.40 bits per heavy atom. The minimum atomic E-state index is -0.647. The Bertz CT molecular complexity index is 264. The van der Waals surface area contributed by atoms with E-state index in [2.05, 4.69) is 6.07 Å². The summed E-state index contributed by atoms with van der Waals surface area (Å²) in [7, 11) is 0. The summed E-state index contributed by atoms with van der Waals surface area (Å²) in [6.45, 7) is 5.58. The van der Waals surface area contributed by atoms with E-state index in [1.54, 1.807) is 4.90 Å². The van der Waals surface area contributed by atoms with Crippen LogP contribution >= 0.6 is 0 Å². The molecule has 0 aliphatic carbocycles. The second-order valence-electron chi connectivity index (χ2n) is 3.98. The molecule has 4 heteroatoms. The summed E-state index contributed by atoms with van der Waals surface area (Å²) in [6, 6.07) is 2.06. The predicted molar refractivity (Wildman–Crippen MR) is 56.1 cm³/mol. The molecule has 0 N–H and O–H groups in total. The fourth-order valence-electron chi connectivity index (χ4n) is 1.87. The molecule has 1 unspecified atom stereocenters. The second-order valence-corrected chi connectivity index (χ2v) is 3.98. The molecule has 1 amide bonds. The number of hydrogen-bond donors (Lipinski definition) is 0. The average molecular weight is 210 g/mol. The SMILES string of the molecule is CCN(CCC#N)C(=O)C1(C)CCCO1. The van der Waals surface area contributed by atoms with Crippen LogP contribution in [0.25, 0.3) is 0 Å². The number of nitriles is 1. The molecule has 1 aliphatic rings. The lowest BCUT2D eigenvalue weighted by atomic mass is 10.0. The zero-order valence-corrected chi connectivity index (χ0v) is 9.45. The highest BCUT2D eigenvalue weighted by molar-refractivity contribution is 5.85. The van der Waals surface area contributed by atoms with Crippen molar-refractivity contribution in [3.05, 3.63) is 0 Å². The number of rotatable bonds is 4. The first-order valence-electron chi connectivity index (χ1n) is 5.44. The highest BCUT2D eigenvalue weighted by atomic mass is 16.5. The van der Waals surface area contributed by atoms with Gasteiger partial charge < -0.3 is 9.64 Å². The van der Waals surface area contributed by atoms with Gasteiger partial charge in [0, 0.05) is 19.7 Å². The molecule has 0 aromatic heterocycles. The summed E-state index contributed by atoms with van der Waals surface area (Å²) in [4.78, 5) is 13.8. The Hall–Kier alpha value is -1.08. The van der Waals surface area contributed by atoms with Crippen molar-refractivity contribution < 1.29 is 9.53 Å². The average Bonchev–Trinajstić information content (AvgIpc) is 2.67. The van der Waals surface area contributed by atoms with E-state index in [4.69, 9.17) is 10.00 Å². The first-order valence-corrected chi connectivity index (χ1v) is 5.44. The standard InChI is InChI=1S/C11H18N2O2/c1-3-13(8-5-7-12)10(14)11(2)6-4-9-15-11/h3-6,8-9H2,1-2H3. The van der Waals surface area contributed by atoms with E-state index in [9.17, 15) is 4.79 Å². The van der Waals surface area contributed by atoms with Crippen molar-refractivity contribution in [2.24, 2.45) is 0 Å². The molecule has 1 saturated heterocycles. The smallest absolute Gasteiger partial charge is 0.254 e. The van der Waals surface area contributed by atoms with Gasteiger partial charge in [-0.1, -0.05) is 0 Å². The van der Waals surface area contributed by atoms with Crippen LogP contribution in [0.15, 0.2) is 0 Å². The van der Waals surface area contributed by atoms with Gasteiger partial charge in [0.15, 0.2) is 0 Å². The van der Waals surface area contributed by atoms with Crippen molar-refractivity contribution in [1.29, 1.82) is 5.26 Å². The Morgan fingerprint density at radius 3 is 2.87 bits per heavy atom. The van der Waals surface area contributed by atoms with Gasteiger partial charge in [0.2, 0.25) is 0 Å². The molecule has 15 heavy (non-hydrogen) atoms. The highest BCUT2D eigenvalue weighted by Gasteiger charge is 2.39. The van der Waals surface area contributed by atoms with Crippen molar-refractivity contribution in [2.45, 2.75) is 38.7 Å². The zero-order chi connectivity index (χ0) is 11.3. The summed E-state index contributed by atoms with van der Waals surface area (Å²) in [6.07, 6.45) is 2.11. The van der Waals surface area contributed by atoms with E-state index in [0.717, 1.165) is 12.8 Å². The van der Waals surface area contributed by atoms with Gasteiger partial charge in [-0.25, -0.2) is 0 Å². The molecule has 0 radical (unpaired) electrons. The summed E-state index contributed by atoms with van der Waals surface area (Å²) >= 11 is 0. The van der Waals surface area contributed by atoms with Gasteiger partial charge >= 0.3 is 0 Å². The summed E-state index contributed by atoms with van der Waals surface area (Å²) < 4.78 is 5.49. The summed E-state index contributed by atoms with van der Waals surface area (Å²) in [5.74, 6) is 0.0257. The third kappa shape index (κ3) is 2.69. The lowest BCUT2D eigenvalue weighted by molar-refractivity contribution is -0.150. The maximum atomic E-state index is 12.1. The van der Waals surface area contributed by atoms with Gasteiger partial charge in [-0.15, -0.1) is 0 Å². The second kappa shape index (κ2) is 5.13. The van der Waals surface area contributed by atoms with Crippen LogP contribution < -0.4 is 0 Å². The molecule has 1 rings (SSSR count). The molecule has 4 nitrogen and oxygen atoms in total. The van der Waals surface area contributed by atoms with E-state index >= 15 is 0 Å². The number of likely N-dealkylation sites (N-methyl/N-ethyl adjacent to an activating group) is 1. The summed E-state index contributed by atoms with van der Waals surface area (Å²) in [5, 5.41) is 8.50. The maximum Gasteiger partial charge on any atom is 0.254 e. The Labute approximate surface area is 90.8 Å².